The monoisotopic (exact) mass is 277 g/mol. The van der Waals surface area contributed by atoms with Crippen LogP contribution < -0.4 is 5.32 Å². The molecule has 0 aromatic heterocycles. The van der Waals surface area contributed by atoms with Crippen LogP contribution in [0.4, 0.5) is 0 Å². The molecule has 1 aliphatic rings. The van der Waals surface area contributed by atoms with Crippen LogP contribution >= 0.6 is 0 Å². The molecule has 0 spiro atoms. The van der Waals surface area contributed by atoms with Gasteiger partial charge in [0, 0.05) is 6.54 Å². The van der Waals surface area contributed by atoms with Crippen LogP contribution in [0.1, 0.15) is 31.2 Å². The molecule has 5 nitrogen and oxygen atoms in total. The highest BCUT2D eigenvalue weighted by molar-refractivity contribution is 5.82. The van der Waals surface area contributed by atoms with Gasteiger partial charge in [0.15, 0.2) is 0 Å². The number of hydrogen-bond acceptors (Lipinski definition) is 3. The number of benzene rings is 1. The molecular formula is C15H19NO4. The normalized spacial score (nSPS) is 23.2. The van der Waals surface area contributed by atoms with Gasteiger partial charge in [-0.25, -0.2) is 0 Å². The lowest BCUT2D eigenvalue weighted by atomic mass is 9.99. The van der Waals surface area contributed by atoms with Crippen LogP contribution in [0.3, 0.4) is 0 Å². The van der Waals surface area contributed by atoms with Crippen molar-refractivity contribution in [1.82, 2.24) is 5.32 Å². The summed E-state index contributed by atoms with van der Waals surface area (Å²) in [6.07, 6.45) is 1.19. The first-order valence-corrected chi connectivity index (χ1v) is 6.79. The van der Waals surface area contributed by atoms with Gasteiger partial charge in [-0.3, -0.25) is 9.59 Å². The Bertz CT molecular complexity index is 474. The topological polar surface area (TPSA) is 75.6 Å². The summed E-state index contributed by atoms with van der Waals surface area (Å²) in [4.78, 5) is 23.2. The molecule has 1 aliphatic heterocycles. The number of carbonyl (C=O) groups excluding carboxylic acids is 1. The maximum atomic E-state index is 11.9. The number of amides is 1. The van der Waals surface area contributed by atoms with Crippen molar-refractivity contribution in [3.05, 3.63) is 35.9 Å². The van der Waals surface area contributed by atoms with E-state index in [-0.39, 0.29) is 18.6 Å². The summed E-state index contributed by atoms with van der Waals surface area (Å²) in [5.74, 6) is -1.91. The van der Waals surface area contributed by atoms with Gasteiger partial charge in [0.05, 0.1) is 12.0 Å². The molecule has 20 heavy (non-hydrogen) atoms. The van der Waals surface area contributed by atoms with Crippen LogP contribution in [0, 0.1) is 0 Å². The minimum absolute atomic E-state index is 0.0758. The first-order valence-electron chi connectivity index (χ1n) is 6.79. The largest absolute Gasteiger partial charge is 0.481 e. The van der Waals surface area contributed by atoms with Crippen LogP contribution in [-0.2, 0) is 14.3 Å². The second-order valence-corrected chi connectivity index (χ2v) is 5.06. The first-order chi connectivity index (χ1) is 9.58. The standard InChI is InChI=1S/C15H19NO4/c1-10-7-8-13(20-10)14(17)16-9-12(15(18)19)11-5-3-2-4-6-11/h2-6,10,12-13H,7-9H2,1H3,(H,16,17)(H,18,19). The zero-order chi connectivity index (χ0) is 14.5. The third-order valence-corrected chi connectivity index (χ3v) is 3.50. The molecule has 1 aromatic rings. The summed E-state index contributed by atoms with van der Waals surface area (Å²) < 4.78 is 5.46. The van der Waals surface area contributed by atoms with E-state index in [0.29, 0.717) is 12.0 Å². The molecule has 1 fully saturated rings. The van der Waals surface area contributed by atoms with E-state index in [2.05, 4.69) is 5.32 Å². The quantitative estimate of drug-likeness (QED) is 0.856. The first kappa shape index (κ1) is 14.5. The Morgan fingerprint density at radius 2 is 2.05 bits per heavy atom. The van der Waals surface area contributed by atoms with Crippen molar-refractivity contribution >= 4 is 11.9 Å². The van der Waals surface area contributed by atoms with Gasteiger partial charge in [0.1, 0.15) is 6.10 Å². The van der Waals surface area contributed by atoms with E-state index in [1.807, 2.05) is 13.0 Å². The fourth-order valence-electron chi connectivity index (χ4n) is 2.35. The average molecular weight is 277 g/mol. The van der Waals surface area contributed by atoms with E-state index in [4.69, 9.17) is 4.74 Å². The summed E-state index contributed by atoms with van der Waals surface area (Å²) in [6, 6.07) is 8.90. The molecule has 1 aromatic carbocycles. The van der Waals surface area contributed by atoms with Crippen LogP contribution in [0.15, 0.2) is 30.3 Å². The lowest BCUT2D eigenvalue weighted by molar-refractivity contribution is -0.139. The Hall–Kier alpha value is -1.88. The molecule has 2 N–H and O–H groups in total. The molecule has 108 valence electrons. The SMILES string of the molecule is CC1CCC(C(=O)NCC(C(=O)O)c2ccccc2)O1. The summed E-state index contributed by atoms with van der Waals surface area (Å²) in [5.41, 5.74) is 0.681. The number of carboxylic acids is 1. The Kier molecular flexibility index (Phi) is 4.74. The van der Waals surface area contributed by atoms with E-state index < -0.39 is 18.0 Å². The van der Waals surface area contributed by atoms with Crippen molar-refractivity contribution < 1.29 is 19.4 Å². The molecule has 1 amide bonds. The fraction of sp³-hybridized carbons (Fsp3) is 0.467. The molecule has 0 radical (unpaired) electrons. The summed E-state index contributed by atoms with van der Waals surface area (Å²) in [6.45, 7) is 2.00. The van der Waals surface area contributed by atoms with E-state index in [0.717, 1.165) is 6.42 Å². The summed E-state index contributed by atoms with van der Waals surface area (Å²) in [5, 5.41) is 11.9. The molecule has 5 heteroatoms. The minimum atomic E-state index is -0.947. The number of carboxylic acid groups (broad SMARTS) is 1. The van der Waals surface area contributed by atoms with Crippen molar-refractivity contribution in [3.63, 3.8) is 0 Å². The van der Waals surface area contributed by atoms with E-state index in [9.17, 15) is 14.7 Å². The van der Waals surface area contributed by atoms with Gasteiger partial charge in [0.2, 0.25) is 5.91 Å². The number of nitrogens with one attached hydrogen (secondary N) is 1. The Labute approximate surface area is 117 Å². The molecule has 0 bridgehead atoms. The maximum Gasteiger partial charge on any atom is 0.312 e. The third kappa shape index (κ3) is 3.57. The smallest absolute Gasteiger partial charge is 0.312 e. The van der Waals surface area contributed by atoms with E-state index in [1.54, 1.807) is 24.3 Å². The number of ether oxygens (including phenoxy) is 1. The second-order valence-electron chi connectivity index (χ2n) is 5.06. The molecule has 1 heterocycles. The number of aliphatic carboxylic acids is 1. The second kappa shape index (κ2) is 6.52. The van der Waals surface area contributed by atoms with Gasteiger partial charge in [-0.05, 0) is 25.3 Å². The molecule has 2 rings (SSSR count). The van der Waals surface area contributed by atoms with Crippen LogP contribution in [-0.4, -0.2) is 35.7 Å². The molecular weight excluding hydrogens is 258 g/mol. The lowest BCUT2D eigenvalue weighted by Crippen LogP contribution is -2.38. The van der Waals surface area contributed by atoms with E-state index >= 15 is 0 Å². The lowest BCUT2D eigenvalue weighted by Gasteiger charge is -2.16. The molecule has 0 saturated carbocycles. The Balaban J connectivity index is 1.93. The van der Waals surface area contributed by atoms with Crippen molar-refractivity contribution in [2.45, 2.75) is 37.9 Å². The number of carbonyl (C=O) groups is 2. The zero-order valence-electron chi connectivity index (χ0n) is 11.4. The van der Waals surface area contributed by atoms with E-state index in [1.165, 1.54) is 0 Å². The highest BCUT2D eigenvalue weighted by atomic mass is 16.5. The summed E-state index contributed by atoms with van der Waals surface area (Å²) >= 11 is 0. The Morgan fingerprint density at radius 3 is 2.60 bits per heavy atom. The minimum Gasteiger partial charge on any atom is -0.481 e. The molecule has 1 saturated heterocycles. The Morgan fingerprint density at radius 1 is 1.35 bits per heavy atom. The van der Waals surface area contributed by atoms with Gasteiger partial charge in [-0.1, -0.05) is 30.3 Å². The maximum absolute atomic E-state index is 11.9. The fourth-order valence-corrected chi connectivity index (χ4v) is 2.35. The van der Waals surface area contributed by atoms with Crippen molar-refractivity contribution in [3.8, 4) is 0 Å². The van der Waals surface area contributed by atoms with Gasteiger partial charge in [0.25, 0.3) is 0 Å². The number of hydrogen-bond donors (Lipinski definition) is 2. The van der Waals surface area contributed by atoms with Gasteiger partial charge in [-0.2, -0.15) is 0 Å². The molecule has 0 aliphatic carbocycles. The van der Waals surface area contributed by atoms with Gasteiger partial charge in [-0.15, -0.1) is 0 Å². The third-order valence-electron chi connectivity index (χ3n) is 3.50. The molecule has 3 atom stereocenters. The van der Waals surface area contributed by atoms with Crippen LogP contribution in [0.2, 0.25) is 0 Å². The van der Waals surface area contributed by atoms with Crippen molar-refractivity contribution in [1.29, 1.82) is 0 Å². The summed E-state index contributed by atoms with van der Waals surface area (Å²) in [7, 11) is 0. The van der Waals surface area contributed by atoms with Crippen LogP contribution in [0.5, 0.6) is 0 Å². The van der Waals surface area contributed by atoms with Gasteiger partial charge < -0.3 is 15.2 Å². The highest BCUT2D eigenvalue weighted by Crippen LogP contribution is 2.20. The zero-order valence-corrected chi connectivity index (χ0v) is 11.4. The number of rotatable bonds is 5. The highest BCUT2D eigenvalue weighted by Gasteiger charge is 2.29. The van der Waals surface area contributed by atoms with Crippen LogP contribution in [0.25, 0.3) is 0 Å². The van der Waals surface area contributed by atoms with Crippen molar-refractivity contribution in [2.24, 2.45) is 0 Å². The van der Waals surface area contributed by atoms with Crippen molar-refractivity contribution in [2.75, 3.05) is 6.54 Å². The predicted molar refractivity (Wildman–Crippen MR) is 73.4 cm³/mol. The average Bonchev–Trinajstić information content (AvgIpc) is 2.86. The predicted octanol–water partition coefficient (Wildman–Crippen LogP) is 1.54. The van der Waals surface area contributed by atoms with Gasteiger partial charge >= 0.3 is 5.97 Å². The molecule has 3 unspecified atom stereocenters.